The molecule has 0 radical (unpaired) electrons. The molecule has 146 valence electrons. The van der Waals surface area contributed by atoms with Crippen molar-refractivity contribution in [3.05, 3.63) is 50.6 Å². The number of carbonyl (C=O) groups is 1. The molecule has 0 atom stereocenters. The molecule has 7 heteroatoms. The zero-order valence-corrected chi connectivity index (χ0v) is 17.9. The van der Waals surface area contributed by atoms with Crippen LogP contribution < -0.4 is 10.9 Å². The van der Waals surface area contributed by atoms with Gasteiger partial charge in [0.05, 0.1) is 16.8 Å². The zero-order chi connectivity index (χ0) is 19.8. The zero-order valence-electron chi connectivity index (χ0n) is 16.2. The Balaban J connectivity index is 1.82. The SMILES string of the molecule is Cc1ccc(-n2c(SCC(=O)NC(C)C)nc3sc4c(c3c2=O)CCC4)cc1. The maximum absolute atomic E-state index is 13.5. The Morgan fingerprint density at radius 3 is 2.75 bits per heavy atom. The Kier molecular flexibility index (Phi) is 5.29. The fourth-order valence-corrected chi connectivity index (χ4v) is 5.66. The summed E-state index contributed by atoms with van der Waals surface area (Å²) in [5, 5.41) is 4.22. The summed E-state index contributed by atoms with van der Waals surface area (Å²) in [6.07, 6.45) is 3.08. The molecule has 0 aliphatic heterocycles. The van der Waals surface area contributed by atoms with Gasteiger partial charge in [-0.1, -0.05) is 29.5 Å². The summed E-state index contributed by atoms with van der Waals surface area (Å²) in [7, 11) is 0. The van der Waals surface area contributed by atoms with E-state index in [-0.39, 0.29) is 23.3 Å². The third-order valence-corrected chi connectivity index (χ3v) is 6.91. The monoisotopic (exact) mass is 413 g/mol. The van der Waals surface area contributed by atoms with Gasteiger partial charge in [-0.25, -0.2) is 4.98 Å². The molecule has 4 rings (SSSR count). The molecule has 0 fully saturated rings. The van der Waals surface area contributed by atoms with Crippen molar-refractivity contribution in [3.8, 4) is 5.69 Å². The van der Waals surface area contributed by atoms with Crippen LogP contribution in [-0.4, -0.2) is 27.3 Å². The van der Waals surface area contributed by atoms with Crippen LogP contribution in [-0.2, 0) is 17.6 Å². The number of thiophene rings is 1. The maximum atomic E-state index is 13.5. The molecule has 0 unspecified atom stereocenters. The van der Waals surface area contributed by atoms with Crippen molar-refractivity contribution in [2.45, 2.75) is 51.2 Å². The number of hydrogen-bond acceptors (Lipinski definition) is 5. The average molecular weight is 414 g/mol. The Morgan fingerprint density at radius 2 is 2.04 bits per heavy atom. The summed E-state index contributed by atoms with van der Waals surface area (Å²) in [4.78, 5) is 32.5. The van der Waals surface area contributed by atoms with E-state index in [0.29, 0.717) is 5.16 Å². The minimum atomic E-state index is -0.0570. The van der Waals surface area contributed by atoms with E-state index in [2.05, 4.69) is 5.32 Å². The van der Waals surface area contributed by atoms with Gasteiger partial charge >= 0.3 is 0 Å². The van der Waals surface area contributed by atoms with Gasteiger partial charge in [-0.2, -0.15) is 0 Å². The van der Waals surface area contributed by atoms with Crippen LogP contribution in [0.4, 0.5) is 0 Å². The molecule has 0 spiro atoms. The van der Waals surface area contributed by atoms with Crippen LogP contribution in [0.3, 0.4) is 0 Å². The van der Waals surface area contributed by atoms with Crippen LogP contribution in [0.15, 0.2) is 34.2 Å². The number of amides is 1. The summed E-state index contributed by atoms with van der Waals surface area (Å²) in [5.41, 5.74) is 3.06. The number of aryl methyl sites for hydroxylation is 3. The molecule has 2 heterocycles. The van der Waals surface area contributed by atoms with Gasteiger partial charge in [-0.15, -0.1) is 11.3 Å². The Bertz CT molecular complexity index is 1100. The molecule has 1 aliphatic carbocycles. The standard InChI is InChI=1S/C21H23N3O2S2/c1-12(2)22-17(25)11-27-21-23-19-18(15-5-4-6-16(15)28-19)20(26)24(21)14-9-7-13(3)8-10-14/h7-10,12H,4-6,11H2,1-3H3,(H,22,25). The number of hydrogen-bond donors (Lipinski definition) is 1. The van der Waals surface area contributed by atoms with Crippen molar-refractivity contribution in [2.24, 2.45) is 0 Å². The highest BCUT2D eigenvalue weighted by molar-refractivity contribution is 7.99. The fraction of sp³-hybridized carbons (Fsp3) is 0.381. The van der Waals surface area contributed by atoms with Crippen LogP contribution in [0.1, 0.15) is 36.3 Å². The topological polar surface area (TPSA) is 64.0 Å². The minimum Gasteiger partial charge on any atom is -0.353 e. The van der Waals surface area contributed by atoms with Crippen molar-refractivity contribution >= 4 is 39.2 Å². The predicted octanol–water partition coefficient (Wildman–Crippen LogP) is 3.86. The van der Waals surface area contributed by atoms with Gasteiger partial charge < -0.3 is 5.32 Å². The quantitative estimate of drug-likeness (QED) is 0.510. The lowest BCUT2D eigenvalue weighted by Crippen LogP contribution is -2.32. The van der Waals surface area contributed by atoms with Crippen molar-refractivity contribution < 1.29 is 4.79 Å². The molecule has 1 aliphatic rings. The molecular formula is C21H23N3O2S2. The first kappa shape index (κ1) is 19.2. The Hall–Kier alpha value is -2.12. The van der Waals surface area contributed by atoms with Gasteiger partial charge in [0, 0.05) is 10.9 Å². The van der Waals surface area contributed by atoms with Gasteiger partial charge in [0.2, 0.25) is 5.91 Å². The number of aromatic nitrogens is 2. The molecule has 0 bridgehead atoms. The van der Waals surface area contributed by atoms with Crippen molar-refractivity contribution in [1.82, 2.24) is 14.9 Å². The maximum Gasteiger partial charge on any atom is 0.267 e. The molecular weight excluding hydrogens is 390 g/mol. The smallest absolute Gasteiger partial charge is 0.267 e. The number of carbonyl (C=O) groups excluding carboxylic acids is 1. The van der Waals surface area contributed by atoms with E-state index in [1.54, 1.807) is 15.9 Å². The Labute approximate surface area is 172 Å². The first-order chi connectivity index (χ1) is 13.4. The lowest BCUT2D eigenvalue weighted by molar-refractivity contribution is -0.119. The van der Waals surface area contributed by atoms with E-state index in [4.69, 9.17) is 4.98 Å². The van der Waals surface area contributed by atoms with E-state index in [1.165, 1.54) is 22.2 Å². The molecule has 1 aromatic carbocycles. The second-order valence-electron chi connectivity index (χ2n) is 7.42. The third kappa shape index (κ3) is 3.61. The van der Waals surface area contributed by atoms with E-state index >= 15 is 0 Å². The van der Waals surface area contributed by atoms with E-state index < -0.39 is 0 Å². The van der Waals surface area contributed by atoms with Gasteiger partial charge in [-0.3, -0.25) is 14.2 Å². The molecule has 0 saturated heterocycles. The van der Waals surface area contributed by atoms with Crippen LogP contribution in [0, 0.1) is 6.92 Å². The number of thioether (sulfide) groups is 1. The van der Waals surface area contributed by atoms with Crippen molar-refractivity contribution in [1.29, 1.82) is 0 Å². The first-order valence-corrected chi connectivity index (χ1v) is 11.3. The summed E-state index contributed by atoms with van der Waals surface area (Å²) in [6.45, 7) is 5.89. The molecule has 1 amide bonds. The van der Waals surface area contributed by atoms with E-state index in [0.717, 1.165) is 40.7 Å². The second-order valence-corrected chi connectivity index (χ2v) is 9.44. The highest BCUT2D eigenvalue weighted by Gasteiger charge is 2.24. The number of benzene rings is 1. The largest absolute Gasteiger partial charge is 0.353 e. The van der Waals surface area contributed by atoms with Gasteiger partial charge in [0.25, 0.3) is 5.56 Å². The van der Waals surface area contributed by atoms with Gasteiger partial charge in [0.1, 0.15) is 4.83 Å². The summed E-state index contributed by atoms with van der Waals surface area (Å²) in [5.74, 6) is 0.172. The lowest BCUT2D eigenvalue weighted by atomic mass is 10.2. The number of rotatable bonds is 5. The first-order valence-electron chi connectivity index (χ1n) is 9.50. The van der Waals surface area contributed by atoms with Crippen molar-refractivity contribution in [3.63, 3.8) is 0 Å². The van der Waals surface area contributed by atoms with Crippen molar-refractivity contribution in [2.75, 3.05) is 5.75 Å². The molecule has 3 aromatic rings. The third-order valence-electron chi connectivity index (χ3n) is 4.78. The summed E-state index contributed by atoms with van der Waals surface area (Å²) < 4.78 is 1.67. The second kappa shape index (κ2) is 7.72. The average Bonchev–Trinajstić information content (AvgIpc) is 3.21. The fourth-order valence-electron chi connectivity index (χ4n) is 3.54. The predicted molar refractivity (Wildman–Crippen MR) is 116 cm³/mol. The van der Waals surface area contributed by atoms with Crippen LogP contribution in [0.5, 0.6) is 0 Å². The molecule has 0 saturated carbocycles. The highest BCUT2D eigenvalue weighted by Crippen LogP contribution is 2.36. The lowest BCUT2D eigenvalue weighted by Gasteiger charge is -2.13. The molecule has 28 heavy (non-hydrogen) atoms. The molecule has 1 N–H and O–H groups in total. The van der Waals surface area contributed by atoms with Gasteiger partial charge in [0.15, 0.2) is 5.16 Å². The van der Waals surface area contributed by atoms with Gasteiger partial charge in [-0.05, 0) is 57.7 Å². The summed E-state index contributed by atoms with van der Waals surface area (Å²) in [6, 6.07) is 7.95. The van der Waals surface area contributed by atoms with Crippen LogP contribution >= 0.6 is 23.1 Å². The number of nitrogens with zero attached hydrogens (tertiary/aromatic N) is 2. The highest BCUT2D eigenvalue weighted by atomic mass is 32.2. The van der Waals surface area contributed by atoms with E-state index in [9.17, 15) is 9.59 Å². The minimum absolute atomic E-state index is 0.0278. The molecule has 2 aromatic heterocycles. The Morgan fingerprint density at radius 1 is 1.29 bits per heavy atom. The normalized spacial score (nSPS) is 13.3. The summed E-state index contributed by atoms with van der Waals surface area (Å²) >= 11 is 2.94. The van der Waals surface area contributed by atoms with Crippen LogP contribution in [0.25, 0.3) is 15.9 Å². The number of nitrogens with one attached hydrogen (secondary N) is 1. The molecule has 5 nitrogen and oxygen atoms in total. The van der Waals surface area contributed by atoms with Crippen LogP contribution in [0.2, 0.25) is 0 Å². The van der Waals surface area contributed by atoms with E-state index in [1.807, 2.05) is 45.0 Å². The number of fused-ring (bicyclic) bond motifs is 3.